The number of aliphatic imine (C=N–C) groups is 1. The van der Waals surface area contributed by atoms with E-state index in [0.717, 1.165) is 11.1 Å². The highest BCUT2D eigenvalue weighted by Crippen LogP contribution is 2.34. The zero-order valence-corrected chi connectivity index (χ0v) is 16.8. The Morgan fingerprint density at radius 2 is 2.00 bits per heavy atom. The Kier molecular flexibility index (Phi) is 6.08. The van der Waals surface area contributed by atoms with E-state index in [4.69, 9.17) is 21.1 Å². The average molecular weight is 403 g/mol. The van der Waals surface area contributed by atoms with Crippen molar-refractivity contribution in [3.63, 3.8) is 0 Å². The number of hydrogen-bond donors (Lipinski definition) is 1. The van der Waals surface area contributed by atoms with Gasteiger partial charge in [-0.05, 0) is 67.6 Å². The van der Waals surface area contributed by atoms with Crippen molar-refractivity contribution in [3.8, 4) is 11.5 Å². The molecule has 0 atom stereocenters. The van der Waals surface area contributed by atoms with Crippen molar-refractivity contribution in [1.82, 2.24) is 5.32 Å². The topological polar surface area (TPSA) is 59.9 Å². The molecule has 1 amide bonds. The van der Waals surface area contributed by atoms with Gasteiger partial charge in [-0.15, -0.1) is 0 Å². The molecule has 1 fully saturated rings. The first-order valence-electron chi connectivity index (χ1n) is 8.36. The predicted octanol–water partition coefficient (Wildman–Crippen LogP) is 4.95. The van der Waals surface area contributed by atoms with Gasteiger partial charge in [-0.3, -0.25) is 4.79 Å². The van der Waals surface area contributed by atoms with Gasteiger partial charge < -0.3 is 14.8 Å². The fourth-order valence-corrected chi connectivity index (χ4v) is 3.54. The molecule has 140 valence electrons. The van der Waals surface area contributed by atoms with Gasteiger partial charge in [0.05, 0.1) is 18.6 Å². The molecular formula is C20H19ClN2O3S. The number of carbonyl (C=O) groups excluding carboxylic acids is 1. The summed E-state index contributed by atoms with van der Waals surface area (Å²) in [4.78, 5) is 17.4. The van der Waals surface area contributed by atoms with Crippen LogP contribution in [-0.4, -0.2) is 24.8 Å². The number of hydrogen-bond acceptors (Lipinski definition) is 5. The number of amidine groups is 1. The second kappa shape index (κ2) is 8.50. The molecule has 1 saturated heterocycles. The molecular weight excluding hydrogens is 384 g/mol. The van der Waals surface area contributed by atoms with Crippen molar-refractivity contribution in [2.45, 2.75) is 13.8 Å². The summed E-state index contributed by atoms with van der Waals surface area (Å²) in [5.41, 5.74) is 2.47. The fraction of sp³-hybridized carbons (Fsp3) is 0.200. The minimum atomic E-state index is -0.215. The highest BCUT2D eigenvalue weighted by molar-refractivity contribution is 8.18. The summed E-state index contributed by atoms with van der Waals surface area (Å²) in [6.07, 6.45) is 1.76. The first kappa shape index (κ1) is 19.3. The second-order valence-electron chi connectivity index (χ2n) is 5.77. The van der Waals surface area contributed by atoms with E-state index in [1.807, 2.05) is 32.0 Å². The Hall–Kier alpha value is -2.44. The van der Waals surface area contributed by atoms with Crippen LogP contribution in [0, 0.1) is 6.92 Å². The van der Waals surface area contributed by atoms with Crippen LogP contribution in [0.2, 0.25) is 5.02 Å². The average Bonchev–Trinajstić information content (AvgIpc) is 2.97. The van der Waals surface area contributed by atoms with Crippen molar-refractivity contribution in [2.75, 3.05) is 13.7 Å². The number of thioether (sulfide) groups is 1. The molecule has 2 aromatic rings. The number of nitrogens with zero attached hydrogens (tertiary/aromatic N) is 1. The van der Waals surface area contributed by atoms with Crippen LogP contribution >= 0.6 is 23.4 Å². The molecule has 0 radical (unpaired) electrons. The van der Waals surface area contributed by atoms with E-state index in [1.165, 1.54) is 11.8 Å². The van der Waals surface area contributed by atoms with Crippen molar-refractivity contribution in [3.05, 3.63) is 57.5 Å². The maximum Gasteiger partial charge on any atom is 0.264 e. The third-order valence-electron chi connectivity index (χ3n) is 3.77. The molecule has 0 spiro atoms. The van der Waals surface area contributed by atoms with Gasteiger partial charge in [-0.25, -0.2) is 4.99 Å². The lowest BCUT2D eigenvalue weighted by molar-refractivity contribution is -0.115. The molecule has 1 heterocycles. The van der Waals surface area contributed by atoms with Crippen LogP contribution in [0.3, 0.4) is 0 Å². The Balaban J connectivity index is 1.91. The van der Waals surface area contributed by atoms with Crippen LogP contribution in [0.1, 0.15) is 18.1 Å². The van der Waals surface area contributed by atoms with Crippen LogP contribution in [0.15, 0.2) is 46.3 Å². The number of halogens is 1. The van der Waals surface area contributed by atoms with Crippen LogP contribution < -0.4 is 14.8 Å². The zero-order valence-electron chi connectivity index (χ0n) is 15.2. The molecule has 7 heteroatoms. The first-order chi connectivity index (χ1) is 13.0. The Morgan fingerprint density at radius 3 is 2.74 bits per heavy atom. The molecule has 1 N–H and O–H groups in total. The number of methoxy groups -OCH3 is 1. The lowest BCUT2D eigenvalue weighted by Crippen LogP contribution is -2.19. The van der Waals surface area contributed by atoms with E-state index >= 15 is 0 Å². The van der Waals surface area contributed by atoms with Crippen LogP contribution in [0.4, 0.5) is 5.69 Å². The Bertz CT molecular complexity index is 941. The van der Waals surface area contributed by atoms with Gasteiger partial charge in [-0.2, -0.15) is 0 Å². The third kappa shape index (κ3) is 4.64. The van der Waals surface area contributed by atoms with E-state index < -0.39 is 0 Å². The largest absolute Gasteiger partial charge is 0.494 e. The predicted molar refractivity (Wildman–Crippen MR) is 111 cm³/mol. The van der Waals surface area contributed by atoms with Gasteiger partial charge in [-0.1, -0.05) is 17.7 Å². The summed E-state index contributed by atoms with van der Waals surface area (Å²) in [6.45, 7) is 4.41. The quantitative estimate of drug-likeness (QED) is 0.719. The first-order valence-corrected chi connectivity index (χ1v) is 9.56. The molecule has 0 aliphatic carbocycles. The number of amides is 1. The molecule has 3 rings (SSSR count). The van der Waals surface area contributed by atoms with Gasteiger partial charge in [0, 0.05) is 10.6 Å². The summed E-state index contributed by atoms with van der Waals surface area (Å²) in [5, 5.41) is 3.86. The molecule has 0 unspecified atom stereocenters. The highest BCUT2D eigenvalue weighted by Gasteiger charge is 2.24. The molecule has 0 saturated carbocycles. The maximum absolute atomic E-state index is 12.4. The summed E-state index contributed by atoms with van der Waals surface area (Å²) >= 11 is 7.36. The van der Waals surface area contributed by atoms with E-state index in [9.17, 15) is 4.79 Å². The van der Waals surface area contributed by atoms with E-state index in [0.29, 0.717) is 38.9 Å². The van der Waals surface area contributed by atoms with Crippen LogP contribution in [-0.2, 0) is 4.79 Å². The third-order valence-corrected chi connectivity index (χ3v) is 4.91. The Morgan fingerprint density at radius 1 is 1.22 bits per heavy atom. The van der Waals surface area contributed by atoms with E-state index in [-0.39, 0.29) is 5.91 Å². The standard InChI is InChI=1S/C20H19ClN2O3S/c1-4-26-16-8-6-14(21)10-13(16)11-18-19(24)23-20(27-18)22-15-9-12(2)5-7-17(15)25-3/h5-11H,4H2,1-3H3,(H,22,23,24)/b18-11-. The van der Waals surface area contributed by atoms with Gasteiger partial charge in [0.15, 0.2) is 5.17 Å². The number of aryl methyl sites for hydroxylation is 1. The van der Waals surface area contributed by atoms with Crippen molar-refractivity contribution in [2.24, 2.45) is 4.99 Å². The minimum Gasteiger partial charge on any atom is -0.494 e. The van der Waals surface area contributed by atoms with Crippen LogP contribution in [0.25, 0.3) is 6.08 Å². The highest BCUT2D eigenvalue weighted by atomic mass is 35.5. The molecule has 5 nitrogen and oxygen atoms in total. The lowest BCUT2D eigenvalue weighted by atomic mass is 10.2. The number of nitrogens with one attached hydrogen (secondary N) is 1. The van der Waals surface area contributed by atoms with E-state index in [1.54, 1.807) is 31.4 Å². The Labute approximate surface area is 167 Å². The van der Waals surface area contributed by atoms with E-state index in [2.05, 4.69) is 10.3 Å². The number of benzene rings is 2. The van der Waals surface area contributed by atoms with Crippen molar-refractivity contribution < 1.29 is 14.3 Å². The van der Waals surface area contributed by atoms with Gasteiger partial charge in [0.1, 0.15) is 17.2 Å². The maximum atomic E-state index is 12.4. The van der Waals surface area contributed by atoms with Gasteiger partial charge in [0.2, 0.25) is 0 Å². The minimum absolute atomic E-state index is 0.215. The van der Waals surface area contributed by atoms with Gasteiger partial charge in [0.25, 0.3) is 5.91 Å². The molecule has 0 bridgehead atoms. The van der Waals surface area contributed by atoms with Crippen molar-refractivity contribution in [1.29, 1.82) is 0 Å². The summed E-state index contributed by atoms with van der Waals surface area (Å²) < 4.78 is 11.0. The smallest absolute Gasteiger partial charge is 0.264 e. The summed E-state index contributed by atoms with van der Waals surface area (Å²) in [5.74, 6) is 1.11. The SMILES string of the molecule is CCOc1ccc(Cl)cc1/C=C1\SC(=Nc2cc(C)ccc2OC)NC1=O. The monoisotopic (exact) mass is 402 g/mol. The summed E-state index contributed by atoms with van der Waals surface area (Å²) in [7, 11) is 1.59. The van der Waals surface area contributed by atoms with Crippen molar-refractivity contribution >= 4 is 46.2 Å². The second-order valence-corrected chi connectivity index (χ2v) is 7.24. The summed E-state index contributed by atoms with van der Waals surface area (Å²) in [6, 6.07) is 11.0. The fourth-order valence-electron chi connectivity index (χ4n) is 2.54. The zero-order chi connectivity index (χ0) is 19.4. The normalized spacial score (nSPS) is 16.7. The van der Waals surface area contributed by atoms with Crippen LogP contribution in [0.5, 0.6) is 11.5 Å². The molecule has 2 aromatic carbocycles. The lowest BCUT2D eigenvalue weighted by Gasteiger charge is -2.07. The van der Waals surface area contributed by atoms with Gasteiger partial charge >= 0.3 is 0 Å². The number of carbonyl (C=O) groups is 1. The molecule has 27 heavy (non-hydrogen) atoms. The molecule has 1 aliphatic rings. The molecule has 0 aromatic heterocycles. The number of rotatable bonds is 5. The number of ether oxygens (including phenoxy) is 2. The molecule has 1 aliphatic heterocycles.